The van der Waals surface area contributed by atoms with Crippen LogP contribution in [0.15, 0.2) is 11.6 Å². The summed E-state index contributed by atoms with van der Waals surface area (Å²) in [4.78, 5) is 0. The molecule has 2 unspecified atom stereocenters. The van der Waals surface area contributed by atoms with E-state index in [4.69, 9.17) is 23.7 Å². The maximum atomic E-state index is 11.9. The molecule has 14 nitrogen and oxygen atoms in total. The number of hydrogen-bond donors (Lipinski definition) is 9. The Bertz CT molecular complexity index is 1360. The summed E-state index contributed by atoms with van der Waals surface area (Å²) in [5.41, 5.74) is 0.728. The summed E-state index contributed by atoms with van der Waals surface area (Å²) >= 11 is 0. The molecular formula is C41H68O14. The van der Waals surface area contributed by atoms with E-state index in [1.54, 1.807) is 0 Å². The Morgan fingerprint density at radius 3 is 2.02 bits per heavy atom. The Labute approximate surface area is 324 Å². The molecule has 6 fully saturated rings. The maximum absolute atomic E-state index is 11.9. The summed E-state index contributed by atoms with van der Waals surface area (Å²) in [6.07, 6.45) is -3.71. The van der Waals surface area contributed by atoms with Crippen molar-refractivity contribution in [3.63, 3.8) is 0 Å². The van der Waals surface area contributed by atoms with Crippen molar-refractivity contribution in [1.29, 1.82) is 0 Å². The lowest BCUT2D eigenvalue weighted by Crippen LogP contribution is -2.60. The molecule has 316 valence electrons. The van der Waals surface area contributed by atoms with Gasteiger partial charge >= 0.3 is 0 Å². The largest absolute Gasteiger partial charge is 0.394 e. The second-order valence-electron chi connectivity index (χ2n) is 19.0. The van der Waals surface area contributed by atoms with E-state index in [-0.39, 0.29) is 53.3 Å². The fraction of sp³-hybridized carbons (Fsp3) is 0.951. The van der Waals surface area contributed by atoms with Gasteiger partial charge in [0.1, 0.15) is 48.8 Å². The van der Waals surface area contributed by atoms with Gasteiger partial charge in [-0.15, -0.1) is 0 Å². The molecule has 0 spiro atoms. The zero-order valence-electron chi connectivity index (χ0n) is 33.1. The number of rotatable bonds is 10. The van der Waals surface area contributed by atoms with Gasteiger partial charge in [-0.2, -0.15) is 0 Å². The molecule has 3 aliphatic heterocycles. The lowest BCUT2D eigenvalue weighted by atomic mass is 9.47. The minimum absolute atomic E-state index is 0.0313. The number of aliphatic hydroxyl groups is 9. The summed E-state index contributed by atoms with van der Waals surface area (Å²) < 4.78 is 30.4. The van der Waals surface area contributed by atoms with E-state index in [1.165, 1.54) is 5.57 Å². The molecule has 4 aliphatic carbocycles. The lowest BCUT2D eigenvalue weighted by Gasteiger charge is -2.58. The third kappa shape index (κ3) is 7.19. The van der Waals surface area contributed by atoms with Gasteiger partial charge in [0.05, 0.1) is 43.7 Å². The van der Waals surface area contributed by atoms with Crippen LogP contribution in [0.25, 0.3) is 0 Å². The normalized spacial score (nSPS) is 54.6. The van der Waals surface area contributed by atoms with E-state index < -0.39 is 86.3 Å². The smallest absolute Gasteiger partial charge is 0.186 e. The molecule has 3 saturated heterocycles. The van der Waals surface area contributed by atoms with Crippen LogP contribution in [0.3, 0.4) is 0 Å². The van der Waals surface area contributed by atoms with Gasteiger partial charge < -0.3 is 69.6 Å². The fourth-order valence-electron chi connectivity index (χ4n) is 12.7. The number of ether oxygens (including phenoxy) is 5. The maximum Gasteiger partial charge on any atom is 0.186 e. The third-order valence-electron chi connectivity index (χ3n) is 16.1. The first-order valence-electron chi connectivity index (χ1n) is 20.9. The molecule has 7 aliphatic rings. The molecule has 0 aromatic carbocycles. The second kappa shape index (κ2) is 16.0. The SMILES string of the molecule is CC[C@H]1C[C@H]([C@@H](C)C2[C@@H](O)C[C@H]3C4=CC[C@@H]5C[C@H](O[C@@H]6O[C@H](CO)[C@@H](O)[C@H](O)[C@H]6O)CC[C@]5(C)C4CC[C@]23C)O[C@]1(C)CO[C@@H]1O[C@H](CO)[C@@H](O)[C@H](O)[C@H]1O. The van der Waals surface area contributed by atoms with Crippen molar-refractivity contribution in [3.8, 4) is 0 Å². The topological polar surface area (TPSA) is 228 Å². The first-order valence-corrected chi connectivity index (χ1v) is 20.9. The minimum Gasteiger partial charge on any atom is -0.394 e. The Balaban J connectivity index is 1.01. The van der Waals surface area contributed by atoms with E-state index in [1.807, 2.05) is 6.92 Å². The van der Waals surface area contributed by atoms with E-state index in [0.29, 0.717) is 11.8 Å². The summed E-state index contributed by atoms with van der Waals surface area (Å²) in [6.45, 7) is 10.2. The van der Waals surface area contributed by atoms with Gasteiger partial charge in [-0.3, -0.25) is 0 Å². The molecule has 0 amide bonds. The molecule has 0 bridgehead atoms. The standard InChI is InChI=1S/C41H68O14/c1-6-20-14-27(55-41(20,5)18-51-37-35(49)33(47)31(45)28(16-42)53-37)19(2)30-26(44)15-25-23-8-7-21-13-22(9-11-39(21,3)24(23)10-12-40(25,30)4)52-38-36(50)34(48)32(46)29(17-43)54-38/h8,19-22,24-38,42-50H,6-7,9-18H2,1-5H3/t19-,20+,21-,22-,24?,25+,26+,27-,28-,29-,30?,31-,32-,33+,34+,35-,36-,37-,38-,39+,40+,41-/m1/s1. The van der Waals surface area contributed by atoms with Crippen molar-refractivity contribution in [2.45, 2.75) is 178 Å². The van der Waals surface area contributed by atoms with Crippen LogP contribution in [-0.4, -0.2) is 151 Å². The molecule has 14 heteroatoms. The zero-order chi connectivity index (χ0) is 39.8. The van der Waals surface area contributed by atoms with Crippen molar-refractivity contribution in [2.75, 3.05) is 19.8 Å². The van der Waals surface area contributed by atoms with E-state index in [2.05, 4.69) is 33.8 Å². The highest BCUT2D eigenvalue weighted by atomic mass is 16.7. The first kappa shape index (κ1) is 42.3. The molecule has 3 heterocycles. The summed E-state index contributed by atoms with van der Waals surface area (Å²) in [5, 5.41) is 93.3. The monoisotopic (exact) mass is 784 g/mol. The van der Waals surface area contributed by atoms with Gasteiger partial charge in [-0.1, -0.05) is 45.8 Å². The molecule has 0 radical (unpaired) electrons. The van der Waals surface area contributed by atoms with Gasteiger partial charge in [0, 0.05) is 0 Å². The van der Waals surface area contributed by atoms with Gasteiger partial charge in [-0.25, -0.2) is 0 Å². The van der Waals surface area contributed by atoms with Crippen molar-refractivity contribution in [1.82, 2.24) is 0 Å². The molecule has 3 saturated carbocycles. The van der Waals surface area contributed by atoms with Crippen LogP contribution in [0.4, 0.5) is 0 Å². The van der Waals surface area contributed by atoms with Gasteiger partial charge in [-0.05, 0) is 105 Å². The van der Waals surface area contributed by atoms with Crippen LogP contribution in [0, 0.1) is 46.3 Å². The summed E-state index contributed by atoms with van der Waals surface area (Å²) in [7, 11) is 0. The highest BCUT2D eigenvalue weighted by Crippen LogP contribution is 2.67. The van der Waals surface area contributed by atoms with Crippen LogP contribution >= 0.6 is 0 Å². The summed E-state index contributed by atoms with van der Waals surface area (Å²) in [5.74, 6) is 1.25. The van der Waals surface area contributed by atoms with E-state index in [9.17, 15) is 46.0 Å². The molecule has 22 atom stereocenters. The van der Waals surface area contributed by atoms with Crippen LogP contribution in [0.5, 0.6) is 0 Å². The fourth-order valence-corrected chi connectivity index (χ4v) is 12.7. The van der Waals surface area contributed by atoms with Crippen molar-refractivity contribution in [2.24, 2.45) is 46.3 Å². The van der Waals surface area contributed by atoms with Crippen molar-refractivity contribution >= 4 is 0 Å². The van der Waals surface area contributed by atoms with Crippen LogP contribution in [0.1, 0.15) is 92.4 Å². The lowest BCUT2D eigenvalue weighted by molar-refractivity contribution is -0.315. The highest BCUT2D eigenvalue weighted by Gasteiger charge is 2.63. The van der Waals surface area contributed by atoms with Gasteiger partial charge in [0.25, 0.3) is 0 Å². The second-order valence-corrected chi connectivity index (χ2v) is 19.0. The molecular weight excluding hydrogens is 716 g/mol. The first-order chi connectivity index (χ1) is 26.0. The molecule has 9 N–H and O–H groups in total. The number of hydrogen-bond acceptors (Lipinski definition) is 14. The zero-order valence-corrected chi connectivity index (χ0v) is 33.1. The number of fused-ring (bicyclic) bond motifs is 5. The highest BCUT2D eigenvalue weighted by molar-refractivity contribution is 5.29. The Kier molecular flexibility index (Phi) is 12.3. The third-order valence-corrected chi connectivity index (χ3v) is 16.1. The molecule has 0 aromatic heterocycles. The molecule has 7 rings (SSSR count). The number of aliphatic hydroxyl groups excluding tert-OH is 9. The molecule has 55 heavy (non-hydrogen) atoms. The van der Waals surface area contributed by atoms with Crippen molar-refractivity contribution in [3.05, 3.63) is 11.6 Å². The van der Waals surface area contributed by atoms with Crippen molar-refractivity contribution < 1.29 is 69.6 Å². The number of allylic oxidation sites excluding steroid dienone is 2. The van der Waals surface area contributed by atoms with Gasteiger partial charge in [0.2, 0.25) is 0 Å². The average Bonchev–Trinajstić information content (AvgIpc) is 3.65. The predicted molar refractivity (Wildman–Crippen MR) is 196 cm³/mol. The quantitative estimate of drug-likeness (QED) is 0.139. The Morgan fingerprint density at radius 1 is 0.764 bits per heavy atom. The van der Waals surface area contributed by atoms with Crippen LogP contribution in [0.2, 0.25) is 0 Å². The van der Waals surface area contributed by atoms with Gasteiger partial charge in [0.15, 0.2) is 12.6 Å². The van der Waals surface area contributed by atoms with Crippen LogP contribution < -0.4 is 0 Å². The summed E-state index contributed by atoms with van der Waals surface area (Å²) in [6, 6.07) is 0. The molecule has 0 aromatic rings. The Hall–Kier alpha value is -0.820. The van der Waals surface area contributed by atoms with E-state index in [0.717, 1.165) is 57.8 Å². The predicted octanol–water partition coefficient (Wildman–Crippen LogP) is 0.748. The van der Waals surface area contributed by atoms with E-state index >= 15 is 0 Å². The van der Waals surface area contributed by atoms with Crippen LogP contribution in [-0.2, 0) is 23.7 Å². The average molecular weight is 785 g/mol. The Morgan fingerprint density at radius 2 is 1.38 bits per heavy atom. The minimum atomic E-state index is -1.52.